The van der Waals surface area contributed by atoms with Gasteiger partial charge >= 0.3 is 0 Å². The van der Waals surface area contributed by atoms with E-state index in [0.29, 0.717) is 12.1 Å². The van der Waals surface area contributed by atoms with Crippen LogP contribution in [0.5, 0.6) is 5.75 Å². The smallest absolute Gasteiger partial charge is 0.125 e. The zero-order valence-electron chi connectivity index (χ0n) is 12.3. The molecule has 3 nitrogen and oxygen atoms in total. The Hall–Kier alpha value is -2.07. The number of aliphatic hydroxyl groups excluding tert-OH is 1. The van der Waals surface area contributed by atoms with Crippen LogP contribution >= 0.6 is 0 Å². The van der Waals surface area contributed by atoms with Crippen molar-refractivity contribution in [2.75, 3.05) is 19.0 Å². The Balaban J connectivity index is 2.12. The highest BCUT2D eigenvalue weighted by molar-refractivity contribution is 5.46. The van der Waals surface area contributed by atoms with E-state index in [1.54, 1.807) is 19.2 Å². The fraction of sp³-hybridized carbons (Fsp3) is 0.294. The van der Waals surface area contributed by atoms with E-state index in [1.165, 1.54) is 12.1 Å². The minimum atomic E-state index is -0.567. The molecule has 0 aliphatic heterocycles. The van der Waals surface area contributed by atoms with Gasteiger partial charge in [-0.2, -0.15) is 0 Å². The van der Waals surface area contributed by atoms with Crippen LogP contribution in [0, 0.1) is 5.82 Å². The summed E-state index contributed by atoms with van der Waals surface area (Å²) in [5.41, 5.74) is 1.15. The Kier molecular flexibility index (Phi) is 4.81. The standard InChI is InChI=1S/C17H20FNO2/c1-17(12-20,19-15-5-3-4-14(18)10-15)11-13-6-8-16(21-2)9-7-13/h3-10,19-20H,11-12H2,1-2H3. The molecule has 2 N–H and O–H groups in total. The summed E-state index contributed by atoms with van der Waals surface area (Å²) in [6.45, 7) is 1.84. The van der Waals surface area contributed by atoms with Crippen LogP contribution in [0.3, 0.4) is 0 Å². The van der Waals surface area contributed by atoms with Gasteiger partial charge in [0.2, 0.25) is 0 Å². The number of anilines is 1. The molecule has 2 aromatic carbocycles. The lowest BCUT2D eigenvalue weighted by Crippen LogP contribution is -2.41. The van der Waals surface area contributed by atoms with Gasteiger partial charge < -0.3 is 15.2 Å². The number of methoxy groups -OCH3 is 1. The van der Waals surface area contributed by atoms with Gasteiger partial charge in [0.15, 0.2) is 0 Å². The number of ether oxygens (including phenoxy) is 1. The van der Waals surface area contributed by atoms with Gasteiger partial charge in [0, 0.05) is 5.69 Å². The summed E-state index contributed by atoms with van der Waals surface area (Å²) in [4.78, 5) is 0. The molecule has 0 radical (unpaired) electrons. The molecular formula is C17H20FNO2. The predicted octanol–water partition coefficient (Wildman–Crippen LogP) is 3.24. The average molecular weight is 289 g/mol. The van der Waals surface area contributed by atoms with Crippen LogP contribution in [-0.4, -0.2) is 24.4 Å². The Morgan fingerprint density at radius 2 is 1.90 bits per heavy atom. The lowest BCUT2D eigenvalue weighted by Gasteiger charge is -2.30. The van der Waals surface area contributed by atoms with Crippen molar-refractivity contribution in [2.45, 2.75) is 18.9 Å². The first-order chi connectivity index (χ1) is 10.0. The molecule has 0 spiro atoms. The second-order valence-electron chi connectivity index (χ2n) is 5.38. The van der Waals surface area contributed by atoms with Gasteiger partial charge in [0.1, 0.15) is 11.6 Å². The van der Waals surface area contributed by atoms with Gasteiger partial charge in [-0.25, -0.2) is 4.39 Å². The summed E-state index contributed by atoms with van der Waals surface area (Å²) in [5.74, 6) is 0.493. The summed E-state index contributed by atoms with van der Waals surface area (Å²) in [7, 11) is 1.62. The van der Waals surface area contributed by atoms with Gasteiger partial charge in [-0.05, 0) is 49.2 Å². The van der Waals surface area contributed by atoms with E-state index in [0.717, 1.165) is 11.3 Å². The molecular weight excluding hydrogens is 269 g/mol. The fourth-order valence-electron chi connectivity index (χ4n) is 2.25. The third-order valence-corrected chi connectivity index (χ3v) is 3.37. The molecule has 0 amide bonds. The topological polar surface area (TPSA) is 41.5 Å². The van der Waals surface area contributed by atoms with Crippen LogP contribution in [-0.2, 0) is 6.42 Å². The molecule has 0 bridgehead atoms. The van der Waals surface area contributed by atoms with Crippen molar-refractivity contribution < 1.29 is 14.2 Å². The van der Waals surface area contributed by atoms with Crippen molar-refractivity contribution in [1.82, 2.24) is 0 Å². The molecule has 2 aromatic rings. The number of benzene rings is 2. The summed E-state index contributed by atoms with van der Waals surface area (Å²) in [6.07, 6.45) is 0.615. The van der Waals surface area contributed by atoms with Crippen molar-refractivity contribution in [1.29, 1.82) is 0 Å². The second kappa shape index (κ2) is 6.59. The number of hydrogen-bond donors (Lipinski definition) is 2. The van der Waals surface area contributed by atoms with E-state index in [9.17, 15) is 9.50 Å². The third-order valence-electron chi connectivity index (χ3n) is 3.37. The molecule has 4 heteroatoms. The van der Waals surface area contributed by atoms with Crippen LogP contribution in [0.15, 0.2) is 48.5 Å². The van der Waals surface area contributed by atoms with E-state index in [1.807, 2.05) is 31.2 Å². The first-order valence-corrected chi connectivity index (χ1v) is 6.82. The molecule has 2 rings (SSSR count). The monoisotopic (exact) mass is 289 g/mol. The van der Waals surface area contributed by atoms with Crippen LogP contribution < -0.4 is 10.1 Å². The van der Waals surface area contributed by atoms with Gasteiger partial charge in [-0.15, -0.1) is 0 Å². The lowest BCUT2D eigenvalue weighted by molar-refractivity contribution is 0.222. The molecule has 0 aliphatic carbocycles. The first kappa shape index (κ1) is 15.3. The molecule has 0 saturated heterocycles. The lowest BCUT2D eigenvalue weighted by atomic mass is 9.93. The van der Waals surface area contributed by atoms with Crippen LogP contribution in [0.1, 0.15) is 12.5 Å². The number of rotatable bonds is 6. The van der Waals surface area contributed by atoms with E-state index < -0.39 is 5.54 Å². The third kappa shape index (κ3) is 4.20. The minimum Gasteiger partial charge on any atom is -0.497 e. The number of halogens is 1. The van der Waals surface area contributed by atoms with Crippen molar-refractivity contribution in [2.24, 2.45) is 0 Å². The zero-order valence-corrected chi connectivity index (χ0v) is 12.3. The van der Waals surface area contributed by atoms with Crippen LogP contribution in [0.25, 0.3) is 0 Å². The fourth-order valence-corrected chi connectivity index (χ4v) is 2.25. The summed E-state index contributed by atoms with van der Waals surface area (Å²) in [5, 5.41) is 12.9. The molecule has 0 aromatic heterocycles. The van der Waals surface area contributed by atoms with Gasteiger partial charge in [-0.1, -0.05) is 18.2 Å². The molecule has 1 unspecified atom stereocenters. The van der Waals surface area contributed by atoms with Crippen molar-refractivity contribution in [3.8, 4) is 5.75 Å². The van der Waals surface area contributed by atoms with Gasteiger partial charge in [-0.3, -0.25) is 0 Å². The van der Waals surface area contributed by atoms with E-state index in [2.05, 4.69) is 5.32 Å². The second-order valence-corrected chi connectivity index (χ2v) is 5.38. The Bertz CT molecular complexity index is 586. The maximum absolute atomic E-state index is 13.2. The predicted molar refractivity (Wildman–Crippen MR) is 82.2 cm³/mol. The maximum Gasteiger partial charge on any atom is 0.125 e. The summed E-state index contributed by atoms with van der Waals surface area (Å²) >= 11 is 0. The average Bonchev–Trinajstić information content (AvgIpc) is 2.48. The van der Waals surface area contributed by atoms with Crippen LogP contribution in [0.2, 0.25) is 0 Å². The number of nitrogens with one attached hydrogen (secondary N) is 1. The molecule has 21 heavy (non-hydrogen) atoms. The SMILES string of the molecule is COc1ccc(CC(C)(CO)Nc2cccc(F)c2)cc1. The van der Waals surface area contributed by atoms with Crippen molar-refractivity contribution in [3.63, 3.8) is 0 Å². The zero-order chi connectivity index (χ0) is 15.3. The minimum absolute atomic E-state index is 0.0600. The van der Waals surface area contributed by atoms with Crippen LogP contribution in [0.4, 0.5) is 10.1 Å². The molecule has 0 heterocycles. The van der Waals surface area contributed by atoms with Crippen molar-refractivity contribution in [3.05, 3.63) is 59.9 Å². The van der Waals surface area contributed by atoms with Gasteiger partial charge in [0.05, 0.1) is 19.3 Å². The number of aliphatic hydroxyl groups is 1. The summed E-state index contributed by atoms with van der Waals surface area (Å²) < 4.78 is 18.4. The van der Waals surface area contributed by atoms with Crippen molar-refractivity contribution >= 4 is 5.69 Å². The molecule has 0 aliphatic rings. The highest BCUT2D eigenvalue weighted by Crippen LogP contribution is 2.21. The quantitative estimate of drug-likeness (QED) is 0.858. The number of hydrogen-bond acceptors (Lipinski definition) is 3. The van der Waals surface area contributed by atoms with E-state index in [4.69, 9.17) is 4.74 Å². The normalized spacial score (nSPS) is 13.5. The Morgan fingerprint density at radius 1 is 1.19 bits per heavy atom. The molecule has 0 saturated carbocycles. The maximum atomic E-state index is 13.2. The molecule has 112 valence electrons. The largest absolute Gasteiger partial charge is 0.497 e. The molecule has 0 fully saturated rings. The first-order valence-electron chi connectivity index (χ1n) is 6.82. The molecule has 1 atom stereocenters. The van der Waals surface area contributed by atoms with Gasteiger partial charge in [0.25, 0.3) is 0 Å². The Labute approximate surface area is 124 Å². The highest BCUT2D eigenvalue weighted by atomic mass is 19.1. The highest BCUT2D eigenvalue weighted by Gasteiger charge is 2.23. The van der Waals surface area contributed by atoms with E-state index >= 15 is 0 Å². The summed E-state index contributed by atoms with van der Waals surface area (Å²) in [6, 6.07) is 13.9. The van der Waals surface area contributed by atoms with E-state index in [-0.39, 0.29) is 12.4 Å². The Morgan fingerprint density at radius 3 is 2.48 bits per heavy atom.